The Labute approximate surface area is 163 Å². The van der Waals surface area contributed by atoms with E-state index in [4.69, 9.17) is 6.42 Å². The van der Waals surface area contributed by atoms with E-state index in [-0.39, 0.29) is 17.2 Å². The highest BCUT2D eigenvalue weighted by atomic mass is 16.3. The van der Waals surface area contributed by atoms with Gasteiger partial charge < -0.3 is 15.1 Å². The molecule has 148 valence electrons. The Hall–Kier alpha value is -1.99. The third kappa shape index (κ3) is 5.26. The molecule has 4 nitrogen and oxygen atoms in total. The molecule has 1 aliphatic rings. The van der Waals surface area contributed by atoms with E-state index >= 15 is 0 Å². The van der Waals surface area contributed by atoms with Gasteiger partial charge in [-0.1, -0.05) is 58.6 Å². The quantitative estimate of drug-likeness (QED) is 0.555. The Balaban J connectivity index is 2.21. The van der Waals surface area contributed by atoms with Gasteiger partial charge in [-0.05, 0) is 42.2 Å². The van der Waals surface area contributed by atoms with Crippen LogP contribution in [0.25, 0.3) is 0 Å². The van der Waals surface area contributed by atoms with Crippen molar-refractivity contribution >= 4 is 5.91 Å². The predicted octanol–water partition coefficient (Wildman–Crippen LogP) is 4.30. The number of rotatable bonds is 7. The monoisotopic (exact) mass is 371 g/mol. The largest absolute Gasteiger partial charge is 0.508 e. The molecule has 2 atom stereocenters. The maximum absolute atomic E-state index is 12.1. The number of piperidine rings is 1. The molecule has 0 spiro atoms. The number of phenolic OH excluding ortho intramolecular Hbond substituents is 1. The van der Waals surface area contributed by atoms with Crippen LogP contribution in [0.4, 0.5) is 0 Å². The van der Waals surface area contributed by atoms with Crippen molar-refractivity contribution in [1.29, 1.82) is 0 Å². The fourth-order valence-corrected chi connectivity index (χ4v) is 3.95. The number of amides is 1. The van der Waals surface area contributed by atoms with E-state index < -0.39 is 12.0 Å². The van der Waals surface area contributed by atoms with E-state index in [1.807, 2.05) is 18.2 Å². The summed E-state index contributed by atoms with van der Waals surface area (Å²) in [5.41, 5.74) is 1.72. The van der Waals surface area contributed by atoms with E-state index in [2.05, 4.69) is 26.7 Å². The molecular formula is C23H33NO3. The molecule has 0 aliphatic carbocycles. The van der Waals surface area contributed by atoms with Crippen LogP contribution in [-0.4, -0.2) is 33.7 Å². The van der Waals surface area contributed by atoms with E-state index in [0.29, 0.717) is 24.9 Å². The topological polar surface area (TPSA) is 60.8 Å². The minimum absolute atomic E-state index is 0.0237. The Bertz CT molecular complexity index is 689. The first kappa shape index (κ1) is 21.3. The molecule has 2 rings (SSSR count). The average Bonchev–Trinajstić information content (AvgIpc) is 2.64. The zero-order valence-corrected chi connectivity index (χ0v) is 16.9. The Kier molecular flexibility index (Phi) is 7.33. The van der Waals surface area contributed by atoms with Crippen LogP contribution in [0.3, 0.4) is 0 Å². The van der Waals surface area contributed by atoms with Gasteiger partial charge in [0.2, 0.25) is 0 Å². The fraction of sp³-hybridized carbons (Fsp3) is 0.609. The molecule has 1 aliphatic heterocycles. The van der Waals surface area contributed by atoms with Crippen molar-refractivity contribution in [1.82, 2.24) is 4.90 Å². The summed E-state index contributed by atoms with van der Waals surface area (Å²) in [6.07, 6.45) is 11.6. The van der Waals surface area contributed by atoms with Gasteiger partial charge in [0.05, 0.1) is 12.1 Å². The molecule has 2 unspecified atom stereocenters. The second-order valence-corrected chi connectivity index (χ2v) is 8.31. The van der Waals surface area contributed by atoms with Gasteiger partial charge in [0, 0.05) is 12.1 Å². The van der Waals surface area contributed by atoms with Crippen LogP contribution >= 0.6 is 0 Å². The molecule has 1 amide bonds. The molecule has 4 heteroatoms. The zero-order valence-electron chi connectivity index (χ0n) is 16.9. The molecule has 1 saturated heterocycles. The van der Waals surface area contributed by atoms with Crippen molar-refractivity contribution < 1.29 is 15.0 Å². The lowest BCUT2D eigenvalue weighted by Crippen LogP contribution is -2.42. The molecule has 1 fully saturated rings. The molecule has 1 aromatic carbocycles. The van der Waals surface area contributed by atoms with Gasteiger partial charge in [-0.2, -0.15) is 0 Å². The normalized spacial score (nSPS) is 20.3. The van der Waals surface area contributed by atoms with E-state index in [1.54, 1.807) is 4.90 Å². The molecule has 0 radical (unpaired) electrons. The van der Waals surface area contributed by atoms with Crippen LogP contribution in [0.2, 0.25) is 0 Å². The Morgan fingerprint density at radius 2 is 2.07 bits per heavy atom. The lowest BCUT2D eigenvalue weighted by atomic mass is 9.79. The lowest BCUT2D eigenvalue weighted by Gasteiger charge is -2.37. The van der Waals surface area contributed by atoms with E-state index in [1.165, 1.54) is 25.7 Å². The first-order valence-electron chi connectivity index (χ1n) is 10.1. The van der Waals surface area contributed by atoms with Crippen molar-refractivity contribution in [3.8, 4) is 18.1 Å². The van der Waals surface area contributed by atoms with Gasteiger partial charge >= 0.3 is 0 Å². The summed E-state index contributed by atoms with van der Waals surface area (Å²) in [5.74, 6) is 1.93. The number of aromatic hydroxyl groups is 1. The first-order chi connectivity index (χ1) is 12.8. The number of unbranched alkanes of at least 4 members (excludes halogenated alkanes) is 3. The van der Waals surface area contributed by atoms with E-state index in [9.17, 15) is 15.0 Å². The second-order valence-electron chi connectivity index (χ2n) is 8.31. The summed E-state index contributed by atoms with van der Waals surface area (Å²) in [4.78, 5) is 13.7. The molecule has 2 N–H and O–H groups in total. The number of phenols is 1. The maximum Gasteiger partial charge on any atom is 0.298 e. The van der Waals surface area contributed by atoms with Crippen LogP contribution in [0.15, 0.2) is 18.2 Å². The maximum atomic E-state index is 12.1. The van der Waals surface area contributed by atoms with Crippen LogP contribution < -0.4 is 0 Å². The van der Waals surface area contributed by atoms with Gasteiger partial charge in [-0.25, -0.2) is 0 Å². The molecular weight excluding hydrogens is 338 g/mol. The summed E-state index contributed by atoms with van der Waals surface area (Å²) in [5, 5.41) is 20.8. The summed E-state index contributed by atoms with van der Waals surface area (Å²) >= 11 is 0. The molecule has 0 saturated carbocycles. The number of hydrogen-bond donors (Lipinski definition) is 2. The van der Waals surface area contributed by atoms with Gasteiger partial charge in [-0.15, -0.1) is 6.42 Å². The summed E-state index contributed by atoms with van der Waals surface area (Å²) in [7, 11) is 0. The smallest absolute Gasteiger partial charge is 0.298 e. The predicted molar refractivity (Wildman–Crippen MR) is 108 cm³/mol. The summed E-state index contributed by atoms with van der Waals surface area (Å²) < 4.78 is 0. The van der Waals surface area contributed by atoms with Crippen LogP contribution in [0.5, 0.6) is 5.75 Å². The molecule has 1 heterocycles. The van der Waals surface area contributed by atoms with Crippen LogP contribution in [0.1, 0.15) is 82.9 Å². The van der Waals surface area contributed by atoms with Crippen molar-refractivity contribution in [2.24, 2.45) is 0 Å². The highest BCUT2D eigenvalue weighted by Crippen LogP contribution is 2.39. The third-order valence-electron chi connectivity index (χ3n) is 5.79. The molecule has 1 aromatic rings. The highest BCUT2D eigenvalue weighted by molar-refractivity contribution is 5.93. The average molecular weight is 372 g/mol. The summed E-state index contributed by atoms with van der Waals surface area (Å²) in [6, 6.07) is 5.35. The van der Waals surface area contributed by atoms with Gasteiger partial charge in [0.15, 0.2) is 0 Å². The third-order valence-corrected chi connectivity index (χ3v) is 5.79. The van der Waals surface area contributed by atoms with Gasteiger partial charge in [0.1, 0.15) is 5.75 Å². The number of hydrogen-bond acceptors (Lipinski definition) is 3. The lowest BCUT2D eigenvalue weighted by molar-refractivity contribution is -0.130. The Morgan fingerprint density at radius 3 is 2.70 bits per heavy atom. The minimum atomic E-state index is -0.495. The molecule has 0 bridgehead atoms. The zero-order chi connectivity index (χ0) is 20.0. The molecule has 27 heavy (non-hydrogen) atoms. The number of carbonyl (C=O) groups is 1. The standard InChI is InChI=1S/C23H33NO3/c1-5-7-8-9-13-23(3,4)17-10-11-19(21(26)15-17)20-16-18(25)12-14-24(20)22(27)6-2/h2,10-11,15,18,20,25-26H,5,7-9,12-14,16H2,1,3-4H3. The highest BCUT2D eigenvalue weighted by Gasteiger charge is 2.33. The van der Waals surface area contributed by atoms with Crippen molar-refractivity contribution in [3.05, 3.63) is 29.3 Å². The second kappa shape index (κ2) is 9.28. The SMILES string of the molecule is C#CC(=O)N1CCC(O)CC1c1ccc(C(C)(C)CCCCCC)cc1O. The number of aliphatic hydroxyl groups is 1. The van der Waals surface area contributed by atoms with Crippen LogP contribution in [0, 0.1) is 12.3 Å². The van der Waals surface area contributed by atoms with Crippen molar-refractivity contribution in [2.75, 3.05) is 6.54 Å². The van der Waals surface area contributed by atoms with Crippen molar-refractivity contribution in [2.45, 2.75) is 83.3 Å². The van der Waals surface area contributed by atoms with Gasteiger partial charge in [-0.3, -0.25) is 4.79 Å². The Morgan fingerprint density at radius 1 is 1.33 bits per heavy atom. The van der Waals surface area contributed by atoms with Gasteiger partial charge in [0.25, 0.3) is 5.91 Å². The van der Waals surface area contributed by atoms with E-state index in [0.717, 1.165) is 12.0 Å². The molecule has 0 aromatic heterocycles. The first-order valence-corrected chi connectivity index (χ1v) is 10.1. The number of terminal acetylenes is 1. The number of nitrogens with zero attached hydrogens (tertiary/aromatic N) is 1. The number of aliphatic hydroxyl groups excluding tert-OH is 1. The van der Waals surface area contributed by atoms with Crippen LogP contribution in [-0.2, 0) is 10.2 Å². The number of benzene rings is 1. The summed E-state index contributed by atoms with van der Waals surface area (Å²) in [6.45, 7) is 7.01. The minimum Gasteiger partial charge on any atom is -0.508 e. The van der Waals surface area contributed by atoms with Crippen molar-refractivity contribution in [3.63, 3.8) is 0 Å². The number of carbonyl (C=O) groups excluding carboxylic acids is 1. The number of likely N-dealkylation sites (tertiary alicyclic amines) is 1. The fourth-order valence-electron chi connectivity index (χ4n) is 3.95.